The second kappa shape index (κ2) is 4.72. The minimum absolute atomic E-state index is 0.0166. The Morgan fingerprint density at radius 1 is 1.42 bits per heavy atom. The van der Waals surface area contributed by atoms with Crippen molar-refractivity contribution in [2.75, 3.05) is 11.4 Å². The molecule has 2 amide bonds. The van der Waals surface area contributed by atoms with Gasteiger partial charge in [-0.25, -0.2) is 4.79 Å². The van der Waals surface area contributed by atoms with Crippen LogP contribution in [0.15, 0.2) is 24.3 Å². The number of nitrogens with zero attached hydrogens (tertiary/aromatic N) is 1. The maximum atomic E-state index is 12.3. The number of anilines is 1. The monoisotopic (exact) mass is 256 g/mol. The molecular formula is C16H20N2O. The molecule has 1 heterocycles. The number of allylic oxidation sites excluding steroid dienone is 1. The van der Waals surface area contributed by atoms with Crippen LogP contribution in [-0.2, 0) is 0 Å². The van der Waals surface area contributed by atoms with E-state index in [0.29, 0.717) is 5.92 Å². The number of hydrogen-bond acceptors (Lipinski definition) is 1. The van der Waals surface area contributed by atoms with Crippen LogP contribution < -0.4 is 10.2 Å². The molecule has 0 atom stereocenters. The van der Waals surface area contributed by atoms with Gasteiger partial charge in [-0.2, -0.15) is 0 Å². The van der Waals surface area contributed by atoms with E-state index in [2.05, 4.69) is 43.4 Å². The van der Waals surface area contributed by atoms with Crippen molar-refractivity contribution in [2.45, 2.75) is 33.1 Å². The van der Waals surface area contributed by atoms with E-state index in [9.17, 15) is 4.79 Å². The van der Waals surface area contributed by atoms with Gasteiger partial charge in [0.25, 0.3) is 0 Å². The molecule has 1 aliphatic heterocycles. The summed E-state index contributed by atoms with van der Waals surface area (Å²) in [4.78, 5) is 14.2. The maximum absolute atomic E-state index is 12.3. The standard InChI is InChI=1S/C16H20N2O/c1-3-4-14-13-9-11(2)5-8-15(13)18(16(19)17-14)10-12-6-7-12/h4-5,8-9,12H,3,6-7,10H2,1-2H3,(H,17,19)/b14-4+. The van der Waals surface area contributed by atoms with Gasteiger partial charge in [0, 0.05) is 17.8 Å². The highest BCUT2D eigenvalue weighted by Crippen LogP contribution is 2.36. The molecule has 0 aromatic heterocycles. The fourth-order valence-corrected chi connectivity index (χ4v) is 2.57. The highest BCUT2D eigenvalue weighted by Gasteiger charge is 2.32. The number of benzene rings is 1. The summed E-state index contributed by atoms with van der Waals surface area (Å²) in [6.07, 6.45) is 5.52. The molecule has 0 radical (unpaired) electrons. The molecule has 3 heteroatoms. The smallest absolute Gasteiger partial charge is 0.307 e. The van der Waals surface area contributed by atoms with Gasteiger partial charge in [0.1, 0.15) is 0 Å². The Hall–Kier alpha value is -1.77. The predicted octanol–water partition coefficient (Wildman–Crippen LogP) is 3.69. The normalized spacial score (nSPS) is 20.4. The van der Waals surface area contributed by atoms with Crippen molar-refractivity contribution in [1.29, 1.82) is 0 Å². The van der Waals surface area contributed by atoms with E-state index in [1.54, 1.807) is 0 Å². The molecule has 1 aromatic carbocycles. The van der Waals surface area contributed by atoms with Crippen LogP contribution in [0.2, 0.25) is 0 Å². The van der Waals surface area contributed by atoms with E-state index in [0.717, 1.165) is 29.9 Å². The van der Waals surface area contributed by atoms with Crippen molar-refractivity contribution < 1.29 is 4.79 Å². The van der Waals surface area contributed by atoms with E-state index in [-0.39, 0.29) is 6.03 Å². The number of carbonyl (C=O) groups is 1. The summed E-state index contributed by atoms with van der Waals surface area (Å²) in [5.74, 6) is 0.691. The molecule has 0 spiro atoms. The van der Waals surface area contributed by atoms with Crippen LogP contribution in [0.4, 0.5) is 10.5 Å². The minimum atomic E-state index is 0.0166. The summed E-state index contributed by atoms with van der Waals surface area (Å²) in [5.41, 5.74) is 4.39. The Labute approximate surface area is 114 Å². The van der Waals surface area contributed by atoms with Gasteiger partial charge in [0.15, 0.2) is 0 Å². The van der Waals surface area contributed by atoms with Gasteiger partial charge in [-0.3, -0.25) is 4.90 Å². The molecule has 0 saturated heterocycles. The summed E-state index contributed by atoms with van der Waals surface area (Å²) in [5, 5.41) is 3.03. The third kappa shape index (κ3) is 2.37. The van der Waals surface area contributed by atoms with Gasteiger partial charge in [-0.15, -0.1) is 0 Å². The van der Waals surface area contributed by atoms with Crippen LogP contribution in [-0.4, -0.2) is 12.6 Å². The molecular weight excluding hydrogens is 236 g/mol. The number of hydrogen-bond donors (Lipinski definition) is 1. The van der Waals surface area contributed by atoms with Crippen LogP contribution in [0, 0.1) is 12.8 Å². The van der Waals surface area contributed by atoms with Crippen LogP contribution in [0.1, 0.15) is 37.3 Å². The molecule has 1 fully saturated rings. The summed E-state index contributed by atoms with van der Waals surface area (Å²) < 4.78 is 0. The molecule has 3 rings (SSSR count). The van der Waals surface area contributed by atoms with Crippen molar-refractivity contribution >= 4 is 17.4 Å². The third-order valence-corrected chi connectivity index (χ3v) is 3.77. The first kappa shape index (κ1) is 12.3. The minimum Gasteiger partial charge on any atom is -0.307 e. The van der Waals surface area contributed by atoms with E-state index in [1.165, 1.54) is 18.4 Å². The molecule has 3 nitrogen and oxygen atoms in total. The summed E-state index contributed by atoms with van der Waals surface area (Å²) in [7, 11) is 0. The van der Waals surface area contributed by atoms with Crippen LogP contribution >= 0.6 is 0 Å². The molecule has 1 aliphatic carbocycles. The summed E-state index contributed by atoms with van der Waals surface area (Å²) in [6, 6.07) is 6.34. The first-order valence-corrected chi connectivity index (χ1v) is 7.08. The van der Waals surface area contributed by atoms with Gasteiger partial charge >= 0.3 is 6.03 Å². The van der Waals surface area contributed by atoms with Crippen molar-refractivity contribution in [3.05, 3.63) is 35.4 Å². The Balaban J connectivity index is 2.03. The van der Waals surface area contributed by atoms with Gasteiger partial charge in [0.2, 0.25) is 0 Å². The SMILES string of the molecule is CC/C=C1/NC(=O)N(CC2CC2)c2ccc(C)cc21. The molecule has 0 unspecified atom stereocenters. The lowest BCUT2D eigenvalue weighted by Gasteiger charge is -2.32. The van der Waals surface area contributed by atoms with Gasteiger partial charge in [-0.05, 0) is 44.2 Å². The number of nitrogens with one attached hydrogen (secondary N) is 1. The molecule has 2 aliphatic rings. The average molecular weight is 256 g/mol. The quantitative estimate of drug-likeness (QED) is 0.879. The van der Waals surface area contributed by atoms with Crippen LogP contribution in [0.3, 0.4) is 0 Å². The fraction of sp³-hybridized carbons (Fsp3) is 0.438. The lowest BCUT2D eigenvalue weighted by atomic mass is 10.0. The fourth-order valence-electron chi connectivity index (χ4n) is 2.57. The number of carbonyl (C=O) groups excluding carboxylic acids is 1. The first-order valence-electron chi connectivity index (χ1n) is 7.08. The van der Waals surface area contributed by atoms with Gasteiger partial charge in [0.05, 0.1) is 5.69 Å². The van der Waals surface area contributed by atoms with E-state index < -0.39 is 0 Å². The zero-order valence-electron chi connectivity index (χ0n) is 11.6. The second-order valence-corrected chi connectivity index (χ2v) is 5.53. The molecule has 0 bridgehead atoms. The molecule has 100 valence electrons. The predicted molar refractivity (Wildman–Crippen MR) is 78.0 cm³/mol. The summed E-state index contributed by atoms with van der Waals surface area (Å²) >= 11 is 0. The van der Waals surface area contributed by atoms with Crippen LogP contribution in [0.5, 0.6) is 0 Å². The highest BCUT2D eigenvalue weighted by atomic mass is 16.2. The van der Waals surface area contributed by atoms with Gasteiger partial charge in [-0.1, -0.05) is 24.6 Å². The number of aryl methyl sites for hydroxylation is 1. The van der Waals surface area contributed by atoms with Crippen LogP contribution in [0.25, 0.3) is 5.70 Å². The molecule has 1 saturated carbocycles. The largest absolute Gasteiger partial charge is 0.326 e. The van der Waals surface area contributed by atoms with Crippen molar-refractivity contribution in [3.63, 3.8) is 0 Å². The Bertz CT molecular complexity index is 544. The van der Waals surface area contributed by atoms with E-state index >= 15 is 0 Å². The van der Waals surface area contributed by atoms with Crippen molar-refractivity contribution in [3.8, 4) is 0 Å². The molecule has 1 N–H and O–H groups in total. The topological polar surface area (TPSA) is 32.3 Å². The average Bonchev–Trinajstić information content (AvgIpc) is 3.18. The van der Waals surface area contributed by atoms with E-state index in [4.69, 9.17) is 0 Å². The zero-order chi connectivity index (χ0) is 13.4. The zero-order valence-corrected chi connectivity index (χ0v) is 11.6. The number of fused-ring (bicyclic) bond motifs is 1. The van der Waals surface area contributed by atoms with Crippen molar-refractivity contribution in [1.82, 2.24) is 5.32 Å². The number of amides is 2. The number of urea groups is 1. The number of rotatable bonds is 3. The summed E-state index contributed by atoms with van der Waals surface area (Å²) in [6.45, 7) is 5.03. The third-order valence-electron chi connectivity index (χ3n) is 3.77. The second-order valence-electron chi connectivity index (χ2n) is 5.53. The Morgan fingerprint density at radius 2 is 2.21 bits per heavy atom. The molecule has 1 aromatic rings. The lowest BCUT2D eigenvalue weighted by Crippen LogP contribution is -2.44. The Kier molecular flexibility index (Phi) is 3.05. The molecule has 19 heavy (non-hydrogen) atoms. The van der Waals surface area contributed by atoms with Gasteiger partial charge < -0.3 is 5.32 Å². The lowest BCUT2D eigenvalue weighted by molar-refractivity contribution is 0.249. The first-order chi connectivity index (χ1) is 9.19. The maximum Gasteiger partial charge on any atom is 0.326 e. The Morgan fingerprint density at radius 3 is 2.89 bits per heavy atom. The highest BCUT2D eigenvalue weighted by molar-refractivity contribution is 6.04. The van der Waals surface area contributed by atoms with Crippen molar-refractivity contribution in [2.24, 2.45) is 5.92 Å². The van der Waals surface area contributed by atoms with E-state index in [1.807, 2.05) is 4.90 Å².